The minimum absolute atomic E-state index is 0. The number of ether oxygens (including phenoxy) is 1. The third kappa shape index (κ3) is 9.99. The van der Waals surface area contributed by atoms with Crippen molar-refractivity contribution in [1.29, 1.82) is 0 Å². The highest BCUT2D eigenvalue weighted by atomic mass is 79.9. The number of hydrogen-bond donors (Lipinski definition) is 0. The highest BCUT2D eigenvalue weighted by Crippen LogP contribution is 2.18. The van der Waals surface area contributed by atoms with Gasteiger partial charge in [-0.25, -0.2) is 0 Å². The van der Waals surface area contributed by atoms with Crippen molar-refractivity contribution in [3.8, 4) is 5.75 Å². The van der Waals surface area contributed by atoms with Crippen LogP contribution in [0.25, 0.3) is 0 Å². The van der Waals surface area contributed by atoms with Crippen molar-refractivity contribution in [3.63, 3.8) is 0 Å². The fourth-order valence-electron chi connectivity index (χ4n) is 3.15. The van der Waals surface area contributed by atoms with Crippen LogP contribution in [-0.2, 0) is 0 Å². The van der Waals surface area contributed by atoms with Gasteiger partial charge in [-0.2, -0.15) is 0 Å². The van der Waals surface area contributed by atoms with Crippen molar-refractivity contribution >= 4 is 11.6 Å². The molecule has 0 aliphatic rings. The number of halogens is 2. The maximum absolute atomic E-state index is 5.94. The Labute approximate surface area is 176 Å². The molecule has 0 amide bonds. The Hall–Kier alpha value is -0.510. The van der Waals surface area contributed by atoms with Crippen LogP contribution in [0.4, 0.5) is 0 Å². The summed E-state index contributed by atoms with van der Waals surface area (Å²) in [6, 6.07) is 7.65. The Morgan fingerprint density at radius 2 is 1.69 bits per heavy atom. The van der Waals surface area contributed by atoms with Gasteiger partial charge in [0.2, 0.25) is 0 Å². The van der Waals surface area contributed by atoms with Gasteiger partial charge in [0.25, 0.3) is 0 Å². The van der Waals surface area contributed by atoms with Gasteiger partial charge in [-0.1, -0.05) is 30.2 Å². The van der Waals surface area contributed by atoms with E-state index in [1.807, 2.05) is 24.3 Å². The predicted octanol–water partition coefficient (Wildman–Crippen LogP) is 3.35. The molecule has 1 unspecified atom stereocenters. The van der Waals surface area contributed by atoms with Crippen LogP contribution >= 0.6 is 11.6 Å². The summed E-state index contributed by atoms with van der Waals surface area (Å²) in [5.41, 5.74) is 1.43. The molecule has 150 valence electrons. The Kier molecular flexibility index (Phi) is 13.4. The van der Waals surface area contributed by atoms with E-state index in [0.717, 1.165) is 34.3 Å². The molecule has 0 heterocycles. The zero-order chi connectivity index (χ0) is 18.7. The lowest BCUT2D eigenvalue weighted by atomic mass is 10.00. The standard InChI is InChI=1S/C22H37ClNO.BrH/c1-6-24(7-2,16-15-20(5)10-8-9-19(3)4)17-18-25-22-13-11-21(23)12-14-22;/h9,11-14,20H,6-8,10,15-18H2,1-5H3;1H/q+1;/p-1. The van der Waals surface area contributed by atoms with Crippen LogP contribution in [-0.4, -0.2) is 37.3 Å². The molecular formula is C22H37BrClNO. The molecule has 0 aliphatic heterocycles. The number of rotatable bonds is 12. The summed E-state index contributed by atoms with van der Waals surface area (Å²) in [4.78, 5) is 0. The molecule has 0 aliphatic carbocycles. The molecule has 0 bridgehead atoms. The zero-order valence-corrected chi connectivity index (χ0v) is 19.6. The lowest BCUT2D eigenvalue weighted by molar-refractivity contribution is -0.925. The van der Waals surface area contributed by atoms with Crippen LogP contribution in [0.15, 0.2) is 35.9 Å². The van der Waals surface area contributed by atoms with Gasteiger partial charge in [0.15, 0.2) is 0 Å². The molecular weight excluding hydrogens is 410 g/mol. The minimum atomic E-state index is 0. The van der Waals surface area contributed by atoms with Crippen molar-refractivity contribution in [2.24, 2.45) is 5.92 Å². The molecule has 0 saturated heterocycles. The van der Waals surface area contributed by atoms with E-state index >= 15 is 0 Å². The van der Waals surface area contributed by atoms with Gasteiger partial charge in [-0.15, -0.1) is 0 Å². The lowest BCUT2D eigenvalue weighted by Crippen LogP contribution is -3.00. The van der Waals surface area contributed by atoms with Gasteiger partial charge in [0, 0.05) is 5.02 Å². The lowest BCUT2D eigenvalue weighted by Gasteiger charge is -2.37. The van der Waals surface area contributed by atoms with Crippen LogP contribution in [0.3, 0.4) is 0 Å². The Balaban J connectivity index is 0.00000625. The number of benzene rings is 1. The average molecular weight is 447 g/mol. The normalized spacial score (nSPS) is 12.2. The molecule has 1 aromatic rings. The summed E-state index contributed by atoms with van der Waals surface area (Å²) in [6.45, 7) is 16.8. The molecule has 0 aromatic heterocycles. The van der Waals surface area contributed by atoms with Crippen LogP contribution in [0, 0.1) is 5.92 Å². The van der Waals surface area contributed by atoms with Crippen LogP contribution < -0.4 is 21.7 Å². The fraction of sp³-hybridized carbons (Fsp3) is 0.636. The first-order valence-corrected chi connectivity index (χ1v) is 10.2. The second-order valence-electron chi connectivity index (χ2n) is 7.48. The van der Waals surface area contributed by atoms with Gasteiger partial charge in [0.1, 0.15) is 18.9 Å². The topological polar surface area (TPSA) is 9.23 Å². The summed E-state index contributed by atoms with van der Waals surface area (Å²) in [5.74, 6) is 1.69. The Morgan fingerprint density at radius 3 is 2.23 bits per heavy atom. The quantitative estimate of drug-likeness (QED) is 0.353. The number of likely N-dealkylation sites (N-methyl/N-ethyl adjacent to an activating group) is 1. The smallest absolute Gasteiger partial charge is 0.137 e. The molecule has 0 spiro atoms. The molecule has 26 heavy (non-hydrogen) atoms. The van der Waals surface area contributed by atoms with E-state index in [0.29, 0.717) is 0 Å². The van der Waals surface area contributed by atoms with Crippen molar-refractivity contribution < 1.29 is 26.2 Å². The molecule has 1 rings (SSSR count). The maximum atomic E-state index is 5.94. The predicted molar refractivity (Wildman–Crippen MR) is 110 cm³/mol. The van der Waals surface area contributed by atoms with Crippen molar-refractivity contribution in [1.82, 2.24) is 0 Å². The number of quaternary nitrogens is 1. The summed E-state index contributed by atoms with van der Waals surface area (Å²) in [7, 11) is 0. The first-order valence-electron chi connectivity index (χ1n) is 9.77. The average Bonchev–Trinajstić information content (AvgIpc) is 2.59. The third-order valence-corrected chi connectivity index (χ3v) is 5.55. The highest BCUT2D eigenvalue weighted by Gasteiger charge is 2.23. The number of allylic oxidation sites excluding steroid dienone is 2. The molecule has 0 radical (unpaired) electrons. The van der Waals surface area contributed by atoms with E-state index in [-0.39, 0.29) is 17.0 Å². The summed E-state index contributed by atoms with van der Waals surface area (Å²) >= 11 is 5.93. The number of nitrogens with zero attached hydrogens (tertiary/aromatic N) is 1. The highest BCUT2D eigenvalue weighted by molar-refractivity contribution is 6.30. The van der Waals surface area contributed by atoms with Crippen LogP contribution in [0.1, 0.15) is 53.9 Å². The first-order chi connectivity index (χ1) is 11.9. The van der Waals surface area contributed by atoms with Crippen LogP contribution in [0.2, 0.25) is 5.02 Å². The monoisotopic (exact) mass is 445 g/mol. The number of hydrogen-bond acceptors (Lipinski definition) is 1. The summed E-state index contributed by atoms with van der Waals surface area (Å²) < 4.78 is 7.08. The van der Waals surface area contributed by atoms with Gasteiger partial charge in [0.05, 0.1) is 19.6 Å². The van der Waals surface area contributed by atoms with Gasteiger partial charge >= 0.3 is 0 Å². The Bertz CT molecular complexity index is 507. The minimum Gasteiger partial charge on any atom is -1.00 e. The third-order valence-electron chi connectivity index (χ3n) is 5.30. The first kappa shape index (κ1) is 25.5. The molecule has 2 nitrogen and oxygen atoms in total. The second-order valence-corrected chi connectivity index (χ2v) is 7.91. The molecule has 4 heteroatoms. The van der Waals surface area contributed by atoms with E-state index in [4.69, 9.17) is 16.3 Å². The summed E-state index contributed by atoms with van der Waals surface area (Å²) in [6.07, 6.45) is 6.15. The maximum Gasteiger partial charge on any atom is 0.137 e. The van der Waals surface area contributed by atoms with Crippen molar-refractivity contribution in [3.05, 3.63) is 40.9 Å². The van der Waals surface area contributed by atoms with E-state index < -0.39 is 0 Å². The van der Waals surface area contributed by atoms with Crippen LogP contribution in [0.5, 0.6) is 5.75 Å². The van der Waals surface area contributed by atoms with E-state index in [1.54, 1.807) is 0 Å². The van der Waals surface area contributed by atoms with Gasteiger partial charge < -0.3 is 26.2 Å². The molecule has 0 saturated carbocycles. The largest absolute Gasteiger partial charge is 1.00 e. The van der Waals surface area contributed by atoms with E-state index in [1.165, 1.54) is 44.5 Å². The van der Waals surface area contributed by atoms with Crippen molar-refractivity contribution in [2.45, 2.75) is 53.9 Å². The van der Waals surface area contributed by atoms with Crippen molar-refractivity contribution in [2.75, 3.05) is 32.8 Å². The van der Waals surface area contributed by atoms with Gasteiger partial charge in [-0.05, 0) is 77.1 Å². The zero-order valence-electron chi connectivity index (χ0n) is 17.2. The van der Waals surface area contributed by atoms with E-state index in [9.17, 15) is 0 Å². The fourth-order valence-corrected chi connectivity index (χ4v) is 3.28. The molecule has 1 aromatic carbocycles. The van der Waals surface area contributed by atoms with Gasteiger partial charge in [-0.3, -0.25) is 0 Å². The Morgan fingerprint density at radius 1 is 1.08 bits per heavy atom. The SMILES string of the molecule is CC[N+](CC)(CCOc1ccc(Cl)cc1)CCC(C)CCC=C(C)C.[Br-]. The molecule has 0 fully saturated rings. The second kappa shape index (κ2) is 13.6. The molecule has 0 N–H and O–H groups in total. The molecule has 1 atom stereocenters. The summed E-state index contributed by atoms with van der Waals surface area (Å²) in [5, 5.41) is 0.752. The van der Waals surface area contributed by atoms with E-state index in [2.05, 4.69) is 40.7 Å².